The number of nitrogens with zero attached hydrogens (tertiary/aromatic N) is 1. The lowest BCUT2D eigenvalue weighted by molar-refractivity contribution is -0.140. The maximum absolute atomic E-state index is 11.1. The highest BCUT2D eigenvalue weighted by Crippen LogP contribution is 2.30. The molecular weight excluding hydrogens is 520 g/mol. The first-order valence-corrected chi connectivity index (χ1v) is 13.8. The fourth-order valence-corrected chi connectivity index (χ4v) is 4.15. The molecule has 0 fully saturated rings. The van der Waals surface area contributed by atoms with Crippen LogP contribution in [0.2, 0.25) is 5.02 Å². The summed E-state index contributed by atoms with van der Waals surface area (Å²) in [6, 6.07) is 16.3. The van der Waals surface area contributed by atoms with Crippen molar-refractivity contribution >= 4 is 27.6 Å². The van der Waals surface area contributed by atoms with E-state index in [2.05, 4.69) is 9.71 Å². The van der Waals surface area contributed by atoms with Crippen LogP contribution in [0.3, 0.4) is 0 Å². The van der Waals surface area contributed by atoms with Crippen LogP contribution in [0.1, 0.15) is 30.6 Å². The molecule has 11 heteroatoms. The molecule has 0 spiro atoms. The van der Waals surface area contributed by atoms with E-state index in [0.717, 1.165) is 28.5 Å². The molecule has 9 nitrogen and oxygen atoms in total. The maximum atomic E-state index is 11.1. The van der Waals surface area contributed by atoms with Gasteiger partial charge in [-0.2, -0.15) is 0 Å². The second-order valence-corrected chi connectivity index (χ2v) is 10.4. The van der Waals surface area contributed by atoms with Crippen LogP contribution in [0.5, 0.6) is 11.6 Å². The molecule has 1 aromatic heterocycles. The van der Waals surface area contributed by atoms with Gasteiger partial charge in [0.2, 0.25) is 15.9 Å². The van der Waals surface area contributed by atoms with Crippen molar-refractivity contribution in [2.45, 2.75) is 26.1 Å². The first-order valence-electron chi connectivity index (χ1n) is 11.5. The van der Waals surface area contributed by atoms with E-state index in [1.54, 1.807) is 42.6 Å². The first kappa shape index (κ1) is 28.4. The molecule has 198 valence electrons. The minimum absolute atomic E-state index is 0.107. The van der Waals surface area contributed by atoms with Crippen molar-refractivity contribution in [2.75, 3.05) is 26.0 Å². The average molecular weight is 549 g/mol. The third-order valence-corrected chi connectivity index (χ3v) is 6.24. The molecular formula is C26H29ClN2O7S. The number of halogens is 1. The molecule has 3 rings (SSSR count). The summed E-state index contributed by atoms with van der Waals surface area (Å²) < 4.78 is 41.5. The molecule has 2 aromatic carbocycles. The zero-order valence-electron chi connectivity index (χ0n) is 20.5. The van der Waals surface area contributed by atoms with Gasteiger partial charge in [-0.3, -0.25) is 4.79 Å². The van der Waals surface area contributed by atoms with Crippen molar-refractivity contribution in [3.63, 3.8) is 0 Å². The fraction of sp³-hybridized carbons (Fsp3) is 0.308. The Hall–Kier alpha value is -3.18. The molecule has 0 amide bonds. The molecule has 0 radical (unpaired) electrons. The molecule has 37 heavy (non-hydrogen) atoms. The van der Waals surface area contributed by atoms with E-state index in [1.165, 1.54) is 0 Å². The summed E-state index contributed by atoms with van der Waals surface area (Å²) in [6.07, 6.45) is 2.10. The zero-order valence-corrected chi connectivity index (χ0v) is 22.1. The standard InChI is InChI=1S/C26H29ClN2O7S/c1-3-34-24(15-26(30)31)19-5-8-21(9-6-19)36-17-18-4-10-23(27)22(14-18)20-7-11-25(28-16-20)35-13-12-29-37(2,32)33/h4-11,14,16,24,29H,3,12-13,15,17H2,1-2H3,(H,30,31)/t24-/m0/s1. The van der Waals surface area contributed by atoms with Crippen LogP contribution in [-0.4, -0.2) is 50.5 Å². The van der Waals surface area contributed by atoms with Crippen LogP contribution < -0.4 is 14.2 Å². The number of aromatic nitrogens is 1. The van der Waals surface area contributed by atoms with Gasteiger partial charge in [-0.15, -0.1) is 0 Å². The third kappa shape index (κ3) is 9.32. The summed E-state index contributed by atoms with van der Waals surface area (Å²) in [7, 11) is -3.26. The molecule has 0 aliphatic rings. The second-order valence-electron chi connectivity index (χ2n) is 8.11. The average Bonchev–Trinajstić information content (AvgIpc) is 2.86. The predicted molar refractivity (Wildman–Crippen MR) is 140 cm³/mol. The molecule has 2 N–H and O–H groups in total. The molecule has 3 aromatic rings. The molecule has 0 unspecified atom stereocenters. The van der Waals surface area contributed by atoms with Gasteiger partial charge in [0, 0.05) is 41.6 Å². The number of hydrogen-bond donors (Lipinski definition) is 2. The lowest BCUT2D eigenvalue weighted by atomic mass is 10.0. The number of benzene rings is 2. The minimum Gasteiger partial charge on any atom is -0.489 e. The zero-order chi connectivity index (χ0) is 26.8. The fourth-order valence-electron chi connectivity index (χ4n) is 3.47. The number of nitrogens with one attached hydrogen (secondary N) is 1. The number of ether oxygens (including phenoxy) is 3. The normalized spacial score (nSPS) is 12.2. The Morgan fingerprint density at radius 3 is 2.49 bits per heavy atom. The highest BCUT2D eigenvalue weighted by Gasteiger charge is 2.16. The van der Waals surface area contributed by atoms with Crippen LogP contribution in [-0.2, 0) is 26.2 Å². The quantitative estimate of drug-likeness (QED) is 0.283. The van der Waals surface area contributed by atoms with Gasteiger partial charge in [0.1, 0.15) is 19.0 Å². The number of aliphatic carboxylic acids is 1. The van der Waals surface area contributed by atoms with Gasteiger partial charge in [0.25, 0.3) is 0 Å². The number of pyridine rings is 1. The summed E-state index contributed by atoms with van der Waals surface area (Å²) >= 11 is 6.42. The second kappa shape index (κ2) is 13.4. The highest BCUT2D eigenvalue weighted by atomic mass is 35.5. The van der Waals surface area contributed by atoms with Crippen LogP contribution in [0.4, 0.5) is 0 Å². The van der Waals surface area contributed by atoms with E-state index in [-0.39, 0.29) is 19.6 Å². The van der Waals surface area contributed by atoms with Crippen molar-refractivity contribution < 1.29 is 32.5 Å². The van der Waals surface area contributed by atoms with Crippen LogP contribution in [0, 0.1) is 0 Å². The number of carboxylic acids is 1. The van der Waals surface area contributed by atoms with Gasteiger partial charge in [0.15, 0.2) is 0 Å². The minimum atomic E-state index is -3.26. The summed E-state index contributed by atoms with van der Waals surface area (Å²) in [5, 5.41) is 9.65. The number of rotatable bonds is 14. The largest absolute Gasteiger partial charge is 0.489 e. The maximum Gasteiger partial charge on any atom is 0.306 e. The lowest BCUT2D eigenvalue weighted by Crippen LogP contribution is -2.26. The van der Waals surface area contributed by atoms with Crippen LogP contribution in [0.15, 0.2) is 60.8 Å². The predicted octanol–water partition coefficient (Wildman–Crippen LogP) is 4.46. The highest BCUT2D eigenvalue weighted by molar-refractivity contribution is 7.88. The topological polar surface area (TPSA) is 124 Å². The first-order chi connectivity index (χ1) is 17.6. The Bertz CT molecular complexity index is 1280. The number of hydrogen-bond acceptors (Lipinski definition) is 7. The molecule has 1 heterocycles. The third-order valence-electron chi connectivity index (χ3n) is 5.18. The van der Waals surface area contributed by atoms with Crippen molar-refractivity contribution in [1.82, 2.24) is 9.71 Å². The van der Waals surface area contributed by atoms with E-state index in [1.807, 2.05) is 25.1 Å². The molecule has 0 saturated heterocycles. The van der Waals surface area contributed by atoms with E-state index in [0.29, 0.717) is 29.9 Å². The Kier molecular flexibility index (Phi) is 10.3. The Labute approximate surface area is 221 Å². The lowest BCUT2D eigenvalue weighted by Gasteiger charge is -2.16. The van der Waals surface area contributed by atoms with Gasteiger partial charge < -0.3 is 19.3 Å². The number of carboxylic acid groups (broad SMARTS) is 1. The van der Waals surface area contributed by atoms with E-state index < -0.39 is 22.1 Å². The number of sulfonamides is 1. The Balaban J connectivity index is 1.61. The SMILES string of the molecule is CCO[C@@H](CC(=O)O)c1ccc(OCc2ccc(Cl)c(-c3ccc(OCCNS(C)(=O)=O)nc3)c2)cc1. The molecule has 0 saturated carbocycles. The van der Waals surface area contributed by atoms with Gasteiger partial charge in [-0.1, -0.05) is 29.8 Å². The molecule has 0 aliphatic carbocycles. The summed E-state index contributed by atoms with van der Waals surface area (Å²) in [5.41, 5.74) is 3.24. The van der Waals surface area contributed by atoms with Gasteiger partial charge >= 0.3 is 5.97 Å². The van der Waals surface area contributed by atoms with Crippen molar-refractivity contribution in [2.24, 2.45) is 0 Å². The smallest absolute Gasteiger partial charge is 0.306 e. The van der Waals surface area contributed by atoms with E-state index in [9.17, 15) is 13.2 Å². The number of carbonyl (C=O) groups is 1. The molecule has 0 bridgehead atoms. The van der Waals surface area contributed by atoms with E-state index >= 15 is 0 Å². The van der Waals surface area contributed by atoms with Crippen molar-refractivity contribution in [3.8, 4) is 22.8 Å². The van der Waals surface area contributed by atoms with Crippen LogP contribution >= 0.6 is 11.6 Å². The Morgan fingerprint density at radius 2 is 1.86 bits per heavy atom. The summed E-state index contributed by atoms with van der Waals surface area (Å²) in [4.78, 5) is 15.4. The summed E-state index contributed by atoms with van der Waals surface area (Å²) in [5.74, 6) is 0.0870. The van der Waals surface area contributed by atoms with Crippen molar-refractivity contribution in [3.05, 3.63) is 76.9 Å². The van der Waals surface area contributed by atoms with E-state index in [4.69, 9.17) is 30.9 Å². The summed E-state index contributed by atoms with van der Waals surface area (Å²) in [6.45, 7) is 2.85. The monoisotopic (exact) mass is 548 g/mol. The van der Waals surface area contributed by atoms with Gasteiger partial charge in [-0.25, -0.2) is 18.1 Å². The van der Waals surface area contributed by atoms with Gasteiger partial charge in [0.05, 0.1) is 18.8 Å². The van der Waals surface area contributed by atoms with Gasteiger partial charge in [-0.05, 0) is 48.4 Å². The molecule has 0 aliphatic heterocycles. The molecule has 1 atom stereocenters. The van der Waals surface area contributed by atoms with Crippen LogP contribution in [0.25, 0.3) is 11.1 Å². The van der Waals surface area contributed by atoms with Crippen molar-refractivity contribution in [1.29, 1.82) is 0 Å². The Morgan fingerprint density at radius 1 is 1.11 bits per heavy atom.